The fourth-order valence-electron chi connectivity index (χ4n) is 5.66. The van der Waals surface area contributed by atoms with Crippen molar-refractivity contribution in [1.29, 1.82) is 0 Å². The Morgan fingerprint density at radius 2 is 2.00 bits per heavy atom. The zero-order valence-corrected chi connectivity index (χ0v) is 21.1. The molecule has 2 atom stereocenters. The molecular formula is C27H26ClN3O5. The Morgan fingerprint density at radius 3 is 2.75 bits per heavy atom. The fourth-order valence-corrected chi connectivity index (χ4v) is 5.92. The summed E-state index contributed by atoms with van der Waals surface area (Å²) in [5.41, 5.74) is 2.24. The number of ketones is 2. The monoisotopic (exact) mass is 507 g/mol. The summed E-state index contributed by atoms with van der Waals surface area (Å²) >= 11 is 6.46. The van der Waals surface area contributed by atoms with Gasteiger partial charge in [0, 0.05) is 49.0 Å². The number of nitrogens with one attached hydrogen (secondary N) is 1. The molecule has 2 aromatic carbocycles. The molecule has 2 unspecified atom stereocenters. The van der Waals surface area contributed by atoms with Crippen LogP contribution < -0.4 is 19.5 Å². The summed E-state index contributed by atoms with van der Waals surface area (Å²) in [5.74, 6) is 0.547. The first-order valence-corrected chi connectivity index (χ1v) is 12.4. The van der Waals surface area contributed by atoms with Gasteiger partial charge in [-0.2, -0.15) is 0 Å². The van der Waals surface area contributed by atoms with E-state index in [4.69, 9.17) is 30.8 Å². The molecule has 36 heavy (non-hydrogen) atoms. The number of carbonyl (C=O) groups is 2. The summed E-state index contributed by atoms with van der Waals surface area (Å²) in [7, 11) is 2.91. The SMILES string of the molecule is COc1cc(OC)c2c(c1Cl)OC1(C(=O)C=C(Nc3ccc4c(c3)CN3CCCC3=N4)CC1C)C2=O. The van der Waals surface area contributed by atoms with Crippen LogP contribution in [0.25, 0.3) is 0 Å². The summed E-state index contributed by atoms with van der Waals surface area (Å²) in [5, 5.41) is 3.52. The molecule has 6 rings (SSSR count). The van der Waals surface area contributed by atoms with Crippen molar-refractivity contribution in [2.75, 3.05) is 26.1 Å². The molecule has 0 radical (unpaired) electrons. The molecule has 4 aliphatic rings. The van der Waals surface area contributed by atoms with Crippen molar-refractivity contribution in [2.45, 2.75) is 38.3 Å². The summed E-state index contributed by atoms with van der Waals surface area (Å²) in [4.78, 5) is 34.3. The summed E-state index contributed by atoms with van der Waals surface area (Å²) in [6.45, 7) is 3.71. The molecule has 8 nitrogen and oxygen atoms in total. The van der Waals surface area contributed by atoms with E-state index in [0.29, 0.717) is 12.2 Å². The number of methoxy groups -OCH3 is 2. The minimum atomic E-state index is -1.69. The Morgan fingerprint density at radius 1 is 1.19 bits per heavy atom. The molecule has 0 saturated carbocycles. The highest BCUT2D eigenvalue weighted by Crippen LogP contribution is 2.53. The Hall–Kier alpha value is -3.52. The number of aliphatic imine (C=N–C) groups is 1. The van der Waals surface area contributed by atoms with Crippen LogP contribution in [0.4, 0.5) is 11.4 Å². The van der Waals surface area contributed by atoms with E-state index in [1.54, 1.807) is 0 Å². The van der Waals surface area contributed by atoms with E-state index in [9.17, 15) is 9.59 Å². The molecule has 1 saturated heterocycles. The first kappa shape index (κ1) is 22.9. The minimum Gasteiger partial charge on any atom is -0.496 e. The van der Waals surface area contributed by atoms with Crippen molar-refractivity contribution < 1.29 is 23.8 Å². The van der Waals surface area contributed by atoms with Crippen LogP contribution in [0.1, 0.15) is 42.1 Å². The van der Waals surface area contributed by atoms with Crippen molar-refractivity contribution in [2.24, 2.45) is 10.9 Å². The molecule has 0 aromatic heterocycles. The van der Waals surface area contributed by atoms with E-state index in [-0.39, 0.29) is 22.1 Å². The third-order valence-corrected chi connectivity index (χ3v) is 7.86. The highest BCUT2D eigenvalue weighted by molar-refractivity contribution is 6.36. The van der Waals surface area contributed by atoms with E-state index >= 15 is 0 Å². The maximum Gasteiger partial charge on any atom is 0.236 e. The quantitative estimate of drug-likeness (QED) is 0.588. The van der Waals surface area contributed by atoms with E-state index in [1.807, 2.05) is 19.1 Å². The van der Waals surface area contributed by atoms with Gasteiger partial charge in [0.15, 0.2) is 5.75 Å². The van der Waals surface area contributed by atoms with E-state index < -0.39 is 23.1 Å². The van der Waals surface area contributed by atoms with Gasteiger partial charge in [0.05, 0.1) is 19.9 Å². The van der Waals surface area contributed by atoms with Crippen LogP contribution in [0.3, 0.4) is 0 Å². The minimum absolute atomic E-state index is 0.124. The number of allylic oxidation sites excluding steroid dienone is 1. The van der Waals surface area contributed by atoms with Crippen LogP contribution in [-0.4, -0.2) is 48.7 Å². The molecular weight excluding hydrogens is 482 g/mol. The number of rotatable bonds is 4. The third kappa shape index (κ3) is 3.24. The molecule has 3 aliphatic heterocycles. The van der Waals surface area contributed by atoms with Gasteiger partial charge in [-0.3, -0.25) is 9.59 Å². The first-order chi connectivity index (χ1) is 17.3. The first-order valence-electron chi connectivity index (χ1n) is 12.0. The van der Waals surface area contributed by atoms with Gasteiger partial charge in [-0.25, -0.2) is 4.99 Å². The number of anilines is 1. The van der Waals surface area contributed by atoms with Crippen LogP contribution in [0, 0.1) is 5.92 Å². The van der Waals surface area contributed by atoms with Gasteiger partial charge in [-0.15, -0.1) is 0 Å². The van der Waals surface area contributed by atoms with Crippen molar-refractivity contribution >= 4 is 40.4 Å². The number of halogens is 1. The molecule has 9 heteroatoms. The molecule has 1 fully saturated rings. The molecule has 3 heterocycles. The maximum absolute atomic E-state index is 13.7. The van der Waals surface area contributed by atoms with Crippen molar-refractivity contribution in [1.82, 2.24) is 4.90 Å². The lowest BCUT2D eigenvalue weighted by Crippen LogP contribution is -2.55. The standard InChI is InChI=1S/C27H26ClN3O5/c1-14-9-17(29-16-6-7-18-15(10-16)13-31-8-4-5-22(31)30-18)11-21(32)27(14)26(33)23-19(34-2)12-20(35-3)24(28)25(23)36-27/h6-7,10-12,14,29H,4-5,8-9,13H2,1-3H3. The van der Waals surface area contributed by atoms with Crippen LogP contribution in [-0.2, 0) is 11.3 Å². The van der Waals surface area contributed by atoms with Gasteiger partial charge < -0.3 is 24.4 Å². The number of nitrogens with zero attached hydrogens (tertiary/aromatic N) is 2. The molecule has 186 valence electrons. The van der Waals surface area contributed by atoms with Gasteiger partial charge in [-0.05, 0) is 36.6 Å². The van der Waals surface area contributed by atoms with Gasteiger partial charge >= 0.3 is 0 Å². The van der Waals surface area contributed by atoms with Gasteiger partial charge in [0.1, 0.15) is 27.9 Å². The largest absolute Gasteiger partial charge is 0.496 e. The van der Waals surface area contributed by atoms with E-state index in [2.05, 4.69) is 16.3 Å². The highest BCUT2D eigenvalue weighted by Gasteiger charge is 2.60. The summed E-state index contributed by atoms with van der Waals surface area (Å²) in [6.07, 6.45) is 4.08. The zero-order chi connectivity index (χ0) is 25.2. The van der Waals surface area contributed by atoms with Crippen LogP contribution in [0.5, 0.6) is 17.2 Å². The second-order valence-corrected chi connectivity index (χ2v) is 10.0. The lowest BCUT2D eigenvalue weighted by atomic mass is 9.74. The number of Topliss-reactive ketones (excluding diaryl/α,β-unsaturated/α-hetero) is 1. The maximum atomic E-state index is 13.7. The van der Waals surface area contributed by atoms with Crippen LogP contribution in [0.2, 0.25) is 5.02 Å². The van der Waals surface area contributed by atoms with Crippen molar-refractivity contribution in [3.8, 4) is 17.2 Å². The van der Waals surface area contributed by atoms with Crippen molar-refractivity contribution in [3.63, 3.8) is 0 Å². The average Bonchev–Trinajstić information content (AvgIpc) is 3.44. The molecule has 0 bridgehead atoms. The number of carbonyl (C=O) groups excluding carboxylic acids is 2. The van der Waals surface area contributed by atoms with Gasteiger partial charge in [0.2, 0.25) is 17.2 Å². The second-order valence-electron chi connectivity index (χ2n) is 9.63. The number of amidine groups is 1. The highest BCUT2D eigenvalue weighted by atomic mass is 35.5. The number of hydrogen-bond acceptors (Lipinski definition) is 8. The number of hydrogen-bond donors (Lipinski definition) is 1. The Bertz CT molecular complexity index is 1380. The smallest absolute Gasteiger partial charge is 0.236 e. The third-order valence-electron chi connectivity index (χ3n) is 7.50. The van der Waals surface area contributed by atoms with Crippen LogP contribution >= 0.6 is 11.6 Å². The topological polar surface area (TPSA) is 89.5 Å². The fraction of sp³-hybridized carbons (Fsp3) is 0.370. The van der Waals surface area contributed by atoms with Crippen molar-refractivity contribution in [3.05, 3.63) is 52.2 Å². The number of benzene rings is 2. The molecule has 0 amide bonds. The Labute approximate surface area is 213 Å². The van der Waals surface area contributed by atoms with Gasteiger partial charge in [-0.1, -0.05) is 18.5 Å². The summed E-state index contributed by atoms with van der Waals surface area (Å²) < 4.78 is 16.8. The molecule has 1 aliphatic carbocycles. The predicted octanol–water partition coefficient (Wildman–Crippen LogP) is 4.92. The predicted molar refractivity (Wildman–Crippen MR) is 136 cm³/mol. The zero-order valence-electron chi connectivity index (χ0n) is 20.3. The van der Waals surface area contributed by atoms with Crippen LogP contribution in [0.15, 0.2) is 41.0 Å². The van der Waals surface area contributed by atoms with E-state index in [1.165, 1.54) is 32.2 Å². The Balaban J connectivity index is 1.29. The van der Waals surface area contributed by atoms with Gasteiger partial charge in [0.25, 0.3) is 0 Å². The molecule has 1 N–H and O–H groups in total. The summed E-state index contributed by atoms with van der Waals surface area (Å²) in [6, 6.07) is 7.60. The van der Waals surface area contributed by atoms with E-state index in [0.717, 1.165) is 48.6 Å². The average molecular weight is 508 g/mol. The molecule has 1 spiro atoms. The Kier molecular flexibility index (Phi) is 5.26. The number of fused-ring (bicyclic) bond motifs is 3. The lowest BCUT2D eigenvalue weighted by Gasteiger charge is -2.35. The molecule has 2 aromatic rings. The normalized spacial score (nSPS) is 24.0. The lowest BCUT2D eigenvalue weighted by molar-refractivity contribution is -0.129. The number of ether oxygens (including phenoxy) is 3. The second kappa shape index (κ2) is 8.27.